The second-order valence-electron chi connectivity index (χ2n) is 3.46. The molecule has 1 aliphatic heterocycles. The monoisotopic (exact) mass is 191 g/mol. The molecule has 0 aliphatic carbocycles. The Morgan fingerprint density at radius 3 is 3.00 bits per heavy atom. The maximum atomic E-state index is 11.2. The van der Waals surface area contributed by atoms with Gasteiger partial charge in [0.1, 0.15) is 6.04 Å². The van der Waals surface area contributed by atoms with Gasteiger partial charge in [0.05, 0.1) is 0 Å². The minimum absolute atomic E-state index is 0.0564. The number of hydrogen-bond acceptors (Lipinski definition) is 3. The first-order valence-corrected chi connectivity index (χ1v) is 4.71. The number of rotatable bonds is 3. The van der Waals surface area contributed by atoms with Gasteiger partial charge in [0.15, 0.2) is 0 Å². The quantitative estimate of drug-likeness (QED) is 0.673. The molecule has 4 heteroatoms. The van der Waals surface area contributed by atoms with Gasteiger partial charge in [-0.25, -0.2) is 0 Å². The number of nitrogens with zero attached hydrogens (tertiary/aromatic N) is 2. The number of aromatic nitrogens is 1. The van der Waals surface area contributed by atoms with E-state index in [0.29, 0.717) is 6.54 Å². The number of carbonyl (C=O) groups excluding carboxylic acids is 1. The predicted octanol–water partition coefficient (Wildman–Crippen LogP) is -0.206. The zero-order valence-corrected chi connectivity index (χ0v) is 7.89. The first kappa shape index (κ1) is 9.15. The highest BCUT2D eigenvalue weighted by Gasteiger charge is 2.32. The smallest absolute Gasteiger partial charge is 0.241 e. The predicted molar refractivity (Wildman–Crippen MR) is 52.5 cm³/mol. The van der Waals surface area contributed by atoms with Gasteiger partial charge in [0, 0.05) is 31.4 Å². The maximum Gasteiger partial charge on any atom is 0.241 e. The molecule has 1 fully saturated rings. The average molecular weight is 191 g/mol. The van der Waals surface area contributed by atoms with Gasteiger partial charge in [-0.2, -0.15) is 0 Å². The van der Waals surface area contributed by atoms with Crippen LogP contribution in [0.3, 0.4) is 0 Å². The summed E-state index contributed by atoms with van der Waals surface area (Å²) >= 11 is 0. The van der Waals surface area contributed by atoms with Crippen molar-refractivity contribution in [2.24, 2.45) is 5.73 Å². The van der Waals surface area contributed by atoms with Crippen LogP contribution in [0.2, 0.25) is 0 Å². The molecule has 1 atom stereocenters. The Morgan fingerprint density at radius 1 is 1.57 bits per heavy atom. The SMILES string of the molecule is NC1CN(CCc2ccccn2)C1=O. The van der Waals surface area contributed by atoms with E-state index in [4.69, 9.17) is 5.73 Å². The van der Waals surface area contributed by atoms with Gasteiger partial charge >= 0.3 is 0 Å². The Balaban J connectivity index is 1.82. The van der Waals surface area contributed by atoms with Crippen molar-refractivity contribution in [2.75, 3.05) is 13.1 Å². The van der Waals surface area contributed by atoms with E-state index in [0.717, 1.165) is 18.7 Å². The van der Waals surface area contributed by atoms with E-state index >= 15 is 0 Å². The normalized spacial score (nSPS) is 20.8. The van der Waals surface area contributed by atoms with Crippen LogP contribution in [-0.2, 0) is 11.2 Å². The molecule has 0 saturated carbocycles. The van der Waals surface area contributed by atoms with E-state index in [1.165, 1.54) is 0 Å². The Labute approximate surface area is 82.7 Å². The minimum Gasteiger partial charge on any atom is -0.339 e. The molecule has 74 valence electrons. The van der Waals surface area contributed by atoms with Crippen LogP contribution in [0.5, 0.6) is 0 Å². The molecule has 0 bridgehead atoms. The zero-order chi connectivity index (χ0) is 9.97. The highest BCUT2D eigenvalue weighted by molar-refractivity contribution is 5.87. The summed E-state index contributed by atoms with van der Waals surface area (Å²) in [7, 11) is 0. The van der Waals surface area contributed by atoms with Crippen molar-refractivity contribution >= 4 is 5.91 Å². The summed E-state index contributed by atoms with van der Waals surface area (Å²) in [6, 6.07) is 5.53. The molecule has 1 aromatic heterocycles. The van der Waals surface area contributed by atoms with E-state index in [2.05, 4.69) is 4.98 Å². The summed E-state index contributed by atoms with van der Waals surface area (Å²) in [6.07, 6.45) is 2.57. The van der Waals surface area contributed by atoms with E-state index in [1.54, 1.807) is 11.1 Å². The number of likely N-dealkylation sites (tertiary alicyclic amines) is 1. The highest BCUT2D eigenvalue weighted by Crippen LogP contribution is 2.08. The molecule has 1 aromatic rings. The van der Waals surface area contributed by atoms with Crippen LogP contribution < -0.4 is 5.73 Å². The molecule has 0 radical (unpaired) electrons. The fourth-order valence-electron chi connectivity index (χ4n) is 1.52. The van der Waals surface area contributed by atoms with Crippen LogP contribution in [0.4, 0.5) is 0 Å². The van der Waals surface area contributed by atoms with Gasteiger partial charge in [-0.15, -0.1) is 0 Å². The molecular weight excluding hydrogens is 178 g/mol. The van der Waals surface area contributed by atoms with Crippen molar-refractivity contribution in [1.82, 2.24) is 9.88 Å². The number of β-lactam (4-membered cyclic amide) rings is 1. The zero-order valence-electron chi connectivity index (χ0n) is 7.89. The van der Waals surface area contributed by atoms with Crippen LogP contribution in [0.15, 0.2) is 24.4 Å². The van der Waals surface area contributed by atoms with E-state index in [9.17, 15) is 4.79 Å². The van der Waals surface area contributed by atoms with Crippen LogP contribution in [0, 0.1) is 0 Å². The summed E-state index contributed by atoms with van der Waals surface area (Å²) in [5.74, 6) is 0.0564. The first-order chi connectivity index (χ1) is 6.77. The van der Waals surface area contributed by atoms with Crippen LogP contribution >= 0.6 is 0 Å². The van der Waals surface area contributed by atoms with Crippen molar-refractivity contribution in [3.05, 3.63) is 30.1 Å². The van der Waals surface area contributed by atoms with Crippen LogP contribution in [0.1, 0.15) is 5.69 Å². The molecule has 0 aromatic carbocycles. The molecule has 1 aliphatic rings. The lowest BCUT2D eigenvalue weighted by molar-refractivity contribution is -0.142. The molecule has 2 heterocycles. The fraction of sp³-hybridized carbons (Fsp3) is 0.400. The van der Waals surface area contributed by atoms with Gasteiger partial charge in [-0.3, -0.25) is 9.78 Å². The molecule has 4 nitrogen and oxygen atoms in total. The third-order valence-electron chi connectivity index (χ3n) is 2.41. The molecule has 1 saturated heterocycles. The second-order valence-corrected chi connectivity index (χ2v) is 3.46. The number of nitrogens with two attached hydrogens (primary N) is 1. The topological polar surface area (TPSA) is 59.2 Å². The molecular formula is C10H13N3O. The molecule has 14 heavy (non-hydrogen) atoms. The molecule has 2 rings (SSSR count). The van der Waals surface area contributed by atoms with Gasteiger partial charge in [0.2, 0.25) is 5.91 Å². The van der Waals surface area contributed by atoms with Gasteiger partial charge in [-0.05, 0) is 12.1 Å². The standard InChI is InChI=1S/C10H13N3O/c11-9-7-13(10(9)14)6-4-8-3-1-2-5-12-8/h1-3,5,9H,4,6-7,11H2. The van der Waals surface area contributed by atoms with Crippen LogP contribution in [0.25, 0.3) is 0 Å². The summed E-state index contributed by atoms with van der Waals surface area (Å²) in [6.45, 7) is 1.41. The Hall–Kier alpha value is -1.42. The Morgan fingerprint density at radius 2 is 2.43 bits per heavy atom. The number of carbonyl (C=O) groups is 1. The molecule has 2 N–H and O–H groups in total. The molecule has 1 unspecified atom stereocenters. The molecule has 0 spiro atoms. The summed E-state index contributed by atoms with van der Waals surface area (Å²) in [5.41, 5.74) is 6.49. The van der Waals surface area contributed by atoms with Gasteiger partial charge < -0.3 is 10.6 Å². The lowest BCUT2D eigenvalue weighted by Crippen LogP contribution is -2.61. The first-order valence-electron chi connectivity index (χ1n) is 4.71. The van der Waals surface area contributed by atoms with Gasteiger partial charge in [0.25, 0.3) is 0 Å². The van der Waals surface area contributed by atoms with E-state index in [-0.39, 0.29) is 11.9 Å². The lowest BCUT2D eigenvalue weighted by atomic mass is 10.1. The van der Waals surface area contributed by atoms with E-state index < -0.39 is 0 Å². The van der Waals surface area contributed by atoms with Crippen molar-refractivity contribution < 1.29 is 4.79 Å². The number of pyridine rings is 1. The Bertz CT molecular complexity index is 325. The second kappa shape index (κ2) is 3.75. The minimum atomic E-state index is -0.265. The largest absolute Gasteiger partial charge is 0.339 e. The van der Waals surface area contributed by atoms with Gasteiger partial charge in [-0.1, -0.05) is 6.07 Å². The molecule has 1 amide bonds. The third kappa shape index (κ3) is 1.75. The summed E-state index contributed by atoms with van der Waals surface area (Å²) in [5, 5.41) is 0. The maximum absolute atomic E-state index is 11.2. The van der Waals surface area contributed by atoms with Crippen molar-refractivity contribution in [2.45, 2.75) is 12.5 Å². The average Bonchev–Trinajstić information content (AvgIpc) is 2.25. The van der Waals surface area contributed by atoms with Crippen molar-refractivity contribution in [3.8, 4) is 0 Å². The van der Waals surface area contributed by atoms with Crippen molar-refractivity contribution in [1.29, 1.82) is 0 Å². The van der Waals surface area contributed by atoms with E-state index in [1.807, 2.05) is 18.2 Å². The Kier molecular flexibility index (Phi) is 2.45. The lowest BCUT2D eigenvalue weighted by Gasteiger charge is -2.36. The third-order valence-corrected chi connectivity index (χ3v) is 2.41. The highest BCUT2D eigenvalue weighted by atomic mass is 16.2. The number of amides is 1. The summed E-state index contributed by atoms with van der Waals surface area (Å²) in [4.78, 5) is 17.1. The van der Waals surface area contributed by atoms with Crippen LogP contribution in [-0.4, -0.2) is 34.9 Å². The number of hydrogen-bond donors (Lipinski definition) is 1. The summed E-state index contributed by atoms with van der Waals surface area (Å²) < 4.78 is 0. The fourth-order valence-corrected chi connectivity index (χ4v) is 1.52. The van der Waals surface area contributed by atoms with Crippen molar-refractivity contribution in [3.63, 3.8) is 0 Å².